The van der Waals surface area contributed by atoms with Crippen LogP contribution < -0.4 is 10.0 Å². The number of hydrogen-bond acceptors (Lipinski definition) is 4. The van der Waals surface area contributed by atoms with E-state index in [-0.39, 0.29) is 34.7 Å². The van der Waals surface area contributed by atoms with Gasteiger partial charge in [-0.15, -0.1) is 0 Å². The second-order valence-corrected chi connectivity index (χ2v) is 8.30. The summed E-state index contributed by atoms with van der Waals surface area (Å²) in [7, 11) is -3.86. The fraction of sp³-hybridized carbons (Fsp3) is 0.316. The molecule has 8 heteroatoms. The summed E-state index contributed by atoms with van der Waals surface area (Å²) in [6.45, 7) is 3.81. The minimum absolute atomic E-state index is 0.0238. The molecule has 27 heavy (non-hydrogen) atoms. The predicted molar refractivity (Wildman–Crippen MR) is 101 cm³/mol. The largest absolute Gasteiger partial charge is 0.394 e. The molecule has 6 nitrogen and oxygen atoms in total. The van der Waals surface area contributed by atoms with E-state index in [1.165, 1.54) is 36.4 Å². The van der Waals surface area contributed by atoms with E-state index in [0.717, 1.165) is 12.1 Å². The number of sulfonamides is 1. The Bertz CT molecular complexity index is 866. The number of aliphatic hydroxyl groups is 1. The Hall–Kier alpha value is -2.45. The van der Waals surface area contributed by atoms with Gasteiger partial charge >= 0.3 is 0 Å². The number of carbonyl (C=O) groups is 1. The monoisotopic (exact) mass is 394 g/mol. The van der Waals surface area contributed by atoms with Gasteiger partial charge in [0.1, 0.15) is 5.82 Å². The smallest absolute Gasteiger partial charge is 0.261 e. The molecule has 1 atom stereocenters. The van der Waals surface area contributed by atoms with Crippen molar-refractivity contribution in [2.24, 2.45) is 5.92 Å². The Morgan fingerprint density at radius 2 is 1.67 bits per heavy atom. The number of benzene rings is 2. The van der Waals surface area contributed by atoms with Gasteiger partial charge in [0.25, 0.3) is 15.9 Å². The lowest BCUT2D eigenvalue weighted by Crippen LogP contribution is -2.38. The second kappa shape index (κ2) is 8.96. The maximum absolute atomic E-state index is 12.9. The van der Waals surface area contributed by atoms with Crippen molar-refractivity contribution in [2.75, 3.05) is 11.3 Å². The minimum atomic E-state index is -3.86. The third-order valence-corrected chi connectivity index (χ3v) is 5.23. The summed E-state index contributed by atoms with van der Waals surface area (Å²) in [4.78, 5) is 12.2. The molecule has 0 fully saturated rings. The number of halogens is 1. The van der Waals surface area contributed by atoms with Crippen LogP contribution >= 0.6 is 0 Å². The fourth-order valence-electron chi connectivity index (χ4n) is 2.53. The Morgan fingerprint density at radius 3 is 2.19 bits per heavy atom. The number of aliphatic hydroxyl groups excluding tert-OH is 1. The first-order valence-electron chi connectivity index (χ1n) is 8.51. The summed E-state index contributed by atoms with van der Waals surface area (Å²) >= 11 is 0. The first kappa shape index (κ1) is 20.9. The normalized spacial score (nSPS) is 12.6. The van der Waals surface area contributed by atoms with Crippen molar-refractivity contribution in [2.45, 2.75) is 31.2 Å². The van der Waals surface area contributed by atoms with Gasteiger partial charge < -0.3 is 10.4 Å². The predicted octanol–water partition coefficient (Wildman–Crippen LogP) is 2.76. The third kappa shape index (κ3) is 6.04. The molecule has 0 aliphatic rings. The Kier molecular flexibility index (Phi) is 6.92. The number of anilines is 1. The molecule has 2 rings (SSSR count). The molecule has 2 aromatic rings. The quantitative estimate of drug-likeness (QED) is 0.642. The molecule has 1 amide bonds. The fourth-order valence-corrected chi connectivity index (χ4v) is 3.59. The first-order valence-corrected chi connectivity index (χ1v) is 9.99. The van der Waals surface area contributed by atoms with E-state index in [1.54, 1.807) is 0 Å². The summed E-state index contributed by atoms with van der Waals surface area (Å²) in [6.07, 6.45) is 0.635. The zero-order chi connectivity index (χ0) is 20.0. The van der Waals surface area contributed by atoms with Crippen LogP contribution in [0.1, 0.15) is 30.6 Å². The van der Waals surface area contributed by atoms with Crippen LogP contribution in [0.3, 0.4) is 0 Å². The van der Waals surface area contributed by atoms with Crippen LogP contribution in [0.15, 0.2) is 53.4 Å². The van der Waals surface area contributed by atoms with Crippen molar-refractivity contribution in [3.8, 4) is 0 Å². The number of rotatable bonds is 8. The molecule has 0 spiro atoms. The Labute approximate surface area is 158 Å². The summed E-state index contributed by atoms with van der Waals surface area (Å²) < 4.78 is 40.0. The average molecular weight is 394 g/mol. The van der Waals surface area contributed by atoms with Gasteiger partial charge in [0.2, 0.25) is 0 Å². The van der Waals surface area contributed by atoms with Gasteiger partial charge in [-0.25, -0.2) is 12.8 Å². The van der Waals surface area contributed by atoms with Crippen molar-refractivity contribution < 1.29 is 22.7 Å². The molecular formula is C19H23FN2O4S. The molecule has 1 unspecified atom stereocenters. The van der Waals surface area contributed by atoms with Crippen LogP contribution in [-0.2, 0) is 10.0 Å². The van der Waals surface area contributed by atoms with E-state index in [4.69, 9.17) is 0 Å². The number of hydrogen-bond donors (Lipinski definition) is 3. The third-order valence-electron chi connectivity index (χ3n) is 3.83. The molecule has 2 aromatic carbocycles. The van der Waals surface area contributed by atoms with Crippen LogP contribution in [0.5, 0.6) is 0 Å². The van der Waals surface area contributed by atoms with Gasteiger partial charge in [-0.3, -0.25) is 9.52 Å². The second-order valence-electron chi connectivity index (χ2n) is 6.62. The lowest BCUT2D eigenvalue weighted by molar-refractivity contribution is 0.0908. The van der Waals surface area contributed by atoms with E-state index in [9.17, 15) is 22.7 Å². The minimum Gasteiger partial charge on any atom is -0.394 e. The van der Waals surface area contributed by atoms with E-state index < -0.39 is 15.8 Å². The van der Waals surface area contributed by atoms with Crippen molar-refractivity contribution in [1.82, 2.24) is 5.32 Å². The number of nitrogens with one attached hydrogen (secondary N) is 2. The summed E-state index contributed by atoms with van der Waals surface area (Å²) in [5.74, 6) is -0.537. The zero-order valence-electron chi connectivity index (χ0n) is 15.1. The highest BCUT2D eigenvalue weighted by Crippen LogP contribution is 2.17. The molecule has 0 aliphatic carbocycles. The lowest BCUT2D eigenvalue weighted by Gasteiger charge is -2.18. The molecule has 3 N–H and O–H groups in total. The average Bonchev–Trinajstić information content (AvgIpc) is 2.62. The van der Waals surface area contributed by atoms with E-state index >= 15 is 0 Å². The Balaban J connectivity index is 2.09. The van der Waals surface area contributed by atoms with Gasteiger partial charge in [0, 0.05) is 11.3 Å². The van der Waals surface area contributed by atoms with Gasteiger partial charge in [0.15, 0.2) is 0 Å². The maximum Gasteiger partial charge on any atom is 0.261 e. The molecule has 0 saturated carbocycles. The van der Waals surface area contributed by atoms with Gasteiger partial charge in [-0.1, -0.05) is 13.8 Å². The SMILES string of the molecule is CC(C)CC(CO)NC(=O)c1ccc(S(=O)(=O)Nc2ccc(F)cc2)cc1. The molecular weight excluding hydrogens is 371 g/mol. The number of amides is 1. The lowest BCUT2D eigenvalue weighted by atomic mass is 10.0. The molecule has 0 aromatic heterocycles. The topological polar surface area (TPSA) is 95.5 Å². The van der Waals surface area contributed by atoms with Gasteiger partial charge in [0.05, 0.1) is 17.5 Å². The molecule has 0 aliphatic heterocycles. The standard InChI is InChI=1S/C19H23FN2O4S/c1-13(2)11-17(12-23)21-19(24)14-3-9-18(10-4-14)27(25,26)22-16-7-5-15(20)6-8-16/h3-10,13,17,22-23H,11-12H2,1-2H3,(H,21,24). The van der Waals surface area contributed by atoms with Crippen molar-refractivity contribution >= 4 is 21.6 Å². The molecule has 0 bridgehead atoms. The van der Waals surface area contributed by atoms with E-state index in [1.807, 2.05) is 13.8 Å². The molecule has 0 radical (unpaired) electrons. The van der Waals surface area contributed by atoms with Gasteiger partial charge in [-0.2, -0.15) is 0 Å². The Morgan fingerprint density at radius 1 is 1.07 bits per heavy atom. The molecule has 0 saturated heterocycles. The molecule has 0 heterocycles. The highest BCUT2D eigenvalue weighted by molar-refractivity contribution is 7.92. The summed E-state index contributed by atoms with van der Waals surface area (Å²) in [5, 5.41) is 12.1. The number of carbonyl (C=O) groups excluding carboxylic acids is 1. The summed E-state index contributed by atoms with van der Waals surface area (Å²) in [5.41, 5.74) is 0.524. The van der Waals surface area contributed by atoms with Crippen molar-refractivity contribution in [1.29, 1.82) is 0 Å². The maximum atomic E-state index is 12.9. The van der Waals surface area contributed by atoms with Crippen LogP contribution in [0, 0.1) is 11.7 Å². The van der Waals surface area contributed by atoms with Crippen molar-refractivity contribution in [3.63, 3.8) is 0 Å². The zero-order valence-corrected chi connectivity index (χ0v) is 16.0. The highest BCUT2D eigenvalue weighted by atomic mass is 32.2. The molecule has 146 valence electrons. The van der Waals surface area contributed by atoms with Crippen LogP contribution in [0.2, 0.25) is 0 Å². The van der Waals surface area contributed by atoms with Gasteiger partial charge in [-0.05, 0) is 60.9 Å². The highest BCUT2D eigenvalue weighted by Gasteiger charge is 2.17. The summed E-state index contributed by atoms with van der Waals surface area (Å²) in [6, 6.07) is 10.0. The van der Waals surface area contributed by atoms with Crippen molar-refractivity contribution in [3.05, 3.63) is 59.9 Å². The van der Waals surface area contributed by atoms with E-state index in [0.29, 0.717) is 12.3 Å². The van der Waals surface area contributed by atoms with Crippen LogP contribution in [-0.4, -0.2) is 32.1 Å². The van der Waals surface area contributed by atoms with Crippen LogP contribution in [0.25, 0.3) is 0 Å². The van der Waals surface area contributed by atoms with Crippen LogP contribution in [0.4, 0.5) is 10.1 Å². The van der Waals surface area contributed by atoms with E-state index in [2.05, 4.69) is 10.0 Å². The first-order chi connectivity index (χ1) is 12.7.